The lowest BCUT2D eigenvalue weighted by Crippen LogP contribution is -2.52. The first-order valence-corrected chi connectivity index (χ1v) is 10.3. The van der Waals surface area contributed by atoms with Gasteiger partial charge in [-0.25, -0.2) is 0 Å². The highest BCUT2D eigenvalue weighted by Gasteiger charge is 2.28. The van der Waals surface area contributed by atoms with Gasteiger partial charge in [-0.15, -0.1) is 24.0 Å². The van der Waals surface area contributed by atoms with E-state index in [0.29, 0.717) is 0 Å². The number of halogens is 1. The first kappa shape index (κ1) is 24.9. The summed E-state index contributed by atoms with van der Waals surface area (Å²) in [5.41, 5.74) is 0.0424. The number of hydrogen-bond acceptors (Lipinski definition) is 5. The lowest BCUT2D eigenvalue weighted by Gasteiger charge is -2.39. The average molecular weight is 497 g/mol. The number of aliphatic hydroxyl groups excluding tert-OH is 1. The van der Waals surface area contributed by atoms with Crippen LogP contribution in [0.4, 0.5) is 0 Å². The van der Waals surface area contributed by atoms with E-state index in [1.807, 2.05) is 0 Å². The molecule has 2 heterocycles. The Morgan fingerprint density at radius 3 is 2.44 bits per heavy atom. The zero-order valence-corrected chi connectivity index (χ0v) is 19.7. The Morgan fingerprint density at radius 2 is 1.81 bits per heavy atom. The normalized spacial score (nSPS) is 21.0. The summed E-state index contributed by atoms with van der Waals surface area (Å²) in [6.07, 6.45) is 2.82. The SMILES string of the molecule is CCNC(=NCC(C)(C)N1CCOCC1)NCCCN1CCC(O)CC1.I. The van der Waals surface area contributed by atoms with E-state index < -0.39 is 0 Å². The number of guanidine groups is 1. The van der Waals surface area contributed by atoms with Crippen molar-refractivity contribution in [2.45, 2.75) is 51.7 Å². The number of piperidine rings is 1. The van der Waals surface area contributed by atoms with E-state index in [-0.39, 0.29) is 35.6 Å². The van der Waals surface area contributed by atoms with Gasteiger partial charge in [-0.3, -0.25) is 9.89 Å². The van der Waals surface area contributed by atoms with Gasteiger partial charge < -0.3 is 25.4 Å². The zero-order valence-electron chi connectivity index (χ0n) is 17.4. The molecule has 2 fully saturated rings. The van der Waals surface area contributed by atoms with Crippen molar-refractivity contribution in [1.82, 2.24) is 20.4 Å². The molecule has 0 aromatic carbocycles. The molecular weight excluding hydrogens is 457 g/mol. The lowest BCUT2D eigenvalue weighted by molar-refractivity contribution is -0.00683. The standard InChI is InChI=1S/C19H39N5O2.HI/c1-4-20-18(21-8-5-9-23-10-6-17(25)7-11-23)22-16-19(2,3)24-12-14-26-15-13-24;/h17,25H,4-16H2,1-3H3,(H2,20,21,22);1H. The molecule has 0 amide bonds. The maximum absolute atomic E-state index is 9.58. The number of rotatable bonds is 8. The molecule has 0 bridgehead atoms. The van der Waals surface area contributed by atoms with Crippen molar-refractivity contribution in [2.24, 2.45) is 4.99 Å². The maximum Gasteiger partial charge on any atom is 0.191 e. The number of aliphatic imine (C=N–C) groups is 1. The topological polar surface area (TPSA) is 72.4 Å². The number of likely N-dealkylation sites (tertiary alicyclic amines) is 1. The van der Waals surface area contributed by atoms with Gasteiger partial charge in [0.25, 0.3) is 0 Å². The van der Waals surface area contributed by atoms with E-state index in [0.717, 1.165) is 90.8 Å². The van der Waals surface area contributed by atoms with Crippen molar-refractivity contribution in [2.75, 3.05) is 65.6 Å². The number of hydrogen-bond donors (Lipinski definition) is 3. The largest absolute Gasteiger partial charge is 0.393 e. The highest BCUT2D eigenvalue weighted by Crippen LogP contribution is 2.16. The van der Waals surface area contributed by atoms with Crippen molar-refractivity contribution < 1.29 is 9.84 Å². The first-order chi connectivity index (χ1) is 12.5. The van der Waals surface area contributed by atoms with Gasteiger partial charge in [0.2, 0.25) is 0 Å². The molecule has 2 aliphatic heterocycles. The van der Waals surface area contributed by atoms with Crippen LogP contribution < -0.4 is 10.6 Å². The third kappa shape index (κ3) is 9.25. The van der Waals surface area contributed by atoms with Gasteiger partial charge in [0.1, 0.15) is 0 Å². The second-order valence-electron chi connectivity index (χ2n) is 7.96. The molecule has 0 saturated carbocycles. The predicted molar refractivity (Wildman–Crippen MR) is 122 cm³/mol. The van der Waals surface area contributed by atoms with E-state index in [1.54, 1.807) is 0 Å². The van der Waals surface area contributed by atoms with E-state index >= 15 is 0 Å². The second kappa shape index (κ2) is 13.1. The van der Waals surface area contributed by atoms with E-state index in [2.05, 4.69) is 41.2 Å². The quantitative estimate of drug-likeness (QED) is 0.202. The molecule has 0 aliphatic carbocycles. The first-order valence-electron chi connectivity index (χ1n) is 10.3. The molecule has 0 radical (unpaired) electrons. The van der Waals surface area contributed by atoms with Gasteiger partial charge in [0.15, 0.2) is 5.96 Å². The third-order valence-electron chi connectivity index (χ3n) is 5.34. The van der Waals surface area contributed by atoms with Crippen LogP contribution in [-0.2, 0) is 4.74 Å². The zero-order chi connectivity index (χ0) is 18.8. The maximum atomic E-state index is 9.58. The number of morpholine rings is 1. The van der Waals surface area contributed by atoms with Crippen LogP contribution in [-0.4, -0.2) is 98.1 Å². The summed E-state index contributed by atoms with van der Waals surface area (Å²) in [5, 5.41) is 16.4. The smallest absolute Gasteiger partial charge is 0.191 e. The van der Waals surface area contributed by atoms with Crippen molar-refractivity contribution in [3.05, 3.63) is 0 Å². The van der Waals surface area contributed by atoms with Gasteiger partial charge in [-0.1, -0.05) is 0 Å². The average Bonchev–Trinajstić information content (AvgIpc) is 2.65. The van der Waals surface area contributed by atoms with E-state index in [1.165, 1.54) is 0 Å². The molecule has 8 heteroatoms. The lowest BCUT2D eigenvalue weighted by atomic mass is 10.0. The van der Waals surface area contributed by atoms with Crippen molar-refractivity contribution in [3.63, 3.8) is 0 Å². The fraction of sp³-hybridized carbons (Fsp3) is 0.947. The van der Waals surface area contributed by atoms with Crippen LogP contribution in [0.5, 0.6) is 0 Å². The van der Waals surface area contributed by atoms with Crippen LogP contribution in [0.25, 0.3) is 0 Å². The minimum Gasteiger partial charge on any atom is -0.393 e. The summed E-state index contributed by atoms with van der Waals surface area (Å²) in [6.45, 7) is 15.9. The molecule has 0 spiro atoms. The van der Waals surface area contributed by atoms with Gasteiger partial charge in [-0.2, -0.15) is 0 Å². The highest BCUT2D eigenvalue weighted by atomic mass is 127. The van der Waals surface area contributed by atoms with Crippen molar-refractivity contribution in [1.29, 1.82) is 0 Å². The molecule has 160 valence electrons. The monoisotopic (exact) mass is 497 g/mol. The predicted octanol–water partition coefficient (Wildman–Crippen LogP) is 1.12. The summed E-state index contributed by atoms with van der Waals surface area (Å²) < 4.78 is 5.46. The molecule has 0 unspecified atom stereocenters. The summed E-state index contributed by atoms with van der Waals surface area (Å²) in [5.74, 6) is 0.905. The minimum absolute atomic E-state index is 0. The van der Waals surface area contributed by atoms with E-state index in [4.69, 9.17) is 9.73 Å². The van der Waals surface area contributed by atoms with Gasteiger partial charge in [0.05, 0.1) is 25.9 Å². The summed E-state index contributed by atoms with van der Waals surface area (Å²) in [6, 6.07) is 0. The van der Waals surface area contributed by atoms with Crippen molar-refractivity contribution in [3.8, 4) is 0 Å². The molecule has 0 aromatic heterocycles. The minimum atomic E-state index is -0.0910. The van der Waals surface area contributed by atoms with E-state index in [9.17, 15) is 5.11 Å². The van der Waals surface area contributed by atoms with Crippen LogP contribution in [0.3, 0.4) is 0 Å². The Balaban J connectivity index is 0.00000364. The van der Waals surface area contributed by atoms with Gasteiger partial charge in [-0.05, 0) is 46.6 Å². The Kier molecular flexibility index (Phi) is 12.1. The Hall–Kier alpha value is -0.160. The summed E-state index contributed by atoms with van der Waals surface area (Å²) >= 11 is 0. The van der Waals surface area contributed by atoms with Crippen LogP contribution in [0.2, 0.25) is 0 Å². The third-order valence-corrected chi connectivity index (χ3v) is 5.34. The van der Waals surface area contributed by atoms with Crippen LogP contribution >= 0.6 is 24.0 Å². The molecule has 0 aromatic rings. The molecule has 2 aliphatic rings. The molecule has 2 rings (SSSR count). The second-order valence-corrected chi connectivity index (χ2v) is 7.96. The summed E-state index contributed by atoms with van der Waals surface area (Å²) in [7, 11) is 0. The van der Waals surface area contributed by atoms with Gasteiger partial charge >= 0.3 is 0 Å². The molecule has 0 atom stereocenters. The Morgan fingerprint density at radius 1 is 1.15 bits per heavy atom. The molecular formula is C19H40IN5O2. The fourth-order valence-electron chi connectivity index (χ4n) is 3.54. The fourth-order valence-corrected chi connectivity index (χ4v) is 3.54. The number of aliphatic hydroxyl groups is 1. The summed E-state index contributed by atoms with van der Waals surface area (Å²) in [4.78, 5) is 9.73. The van der Waals surface area contributed by atoms with Crippen LogP contribution in [0.15, 0.2) is 4.99 Å². The van der Waals surface area contributed by atoms with Crippen molar-refractivity contribution >= 4 is 29.9 Å². The Bertz CT molecular complexity index is 422. The van der Waals surface area contributed by atoms with Crippen LogP contribution in [0, 0.1) is 0 Å². The molecule has 7 nitrogen and oxygen atoms in total. The Labute approximate surface area is 182 Å². The number of ether oxygens (including phenoxy) is 1. The molecule has 2 saturated heterocycles. The van der Waals surface area contributed by atoms with Crippen LogP contribution in [0.1, 0.15) is 40.0 Å². The molecule has 27 heavy (non-hydrogen) atoms. The molecule has 3 N–H and O–H groups in total. The number of nitrogens with one attached hydrogen (secondary N) is 2. The highest BCUT2D eigenvalue weighted by molar-refractivity contribution is 14.0. The number of nitrogens with zero attached hydrogens (tertiary/aromatic N) is 3. The van der Waals surface area contributed by atoms with Gasteiger partial charge in [0, 0.05) is 44.8 Å².